The van der Waals surface area contributed by atoms with Gasteiger partial charge in [-0.1, -0.05) is 45.4 Å². The quantitative estimate of drug-likeness (QED) is 0.484. The second-order valence-electron chi connectivity index (χ2n) is 6.69. The number of piperazine rings is 1. The summed E-state index contributed by atoms with van der Waals surface area (Å²) in [6.45, 7) is 3.05. The standard InChI is InChI=1S/C21H20BrClN4OS/c22-16-4-6-18(7-5-16)27-9-8-24-21(27)29-15-20(28)26-12-10-25(11-13-26)19-3-1-2-17(23)14-19/h1-9,14H,10-13,15H2. The number of benzene rings is 2. The lowest BCUT2D eigenvalue weighted by Gasteiger charge is -2.36. The van der Waals surface area contributed by atoms with Crippen LogP contribution in [0.3, 0.4) is 0 Å². The number of hydrogen-bond donors (Lipinski definition) is 0. The third kappa shape index (κ3) is 4.97. The number of rotatable bonds is 5. The van der Waals surface area contributed by atoms with E-state index in [0.29, 0.717) is 18.8 Å². The lowest BCUT2D eigenvalue weighted by molar-refractivity contribution is -0.128. The summed E-state index contributed by atoms with van der Waals surface area (Å²) in [6.07, 6.45) is 3.68. The first-order chi connectivity index (χ1) is 14.1. The van der Waals surface area contributed by atoms with Gasteiger partial charge in [-0.05, 0) is 42.5 Å². The molecular formula is C21H20BrClN4OS. The van der Waals surface area contributed by atoms with Gasteiger partial charge in [0.1, 0.15) is 0 Å². The average molecular weight is 492 g/mol. The van der Waals surface area contributed by atoms with Crippen LogP contribution in [0.5, 0.6) is 0 Å². The van der Waals surface area contributed by atoms with E-state index in [-0.39, 0.29) is 5.91 Å². The van der Waals surface area contributed by atoms with Crippen molar-refractivity contribution in [3.63, 3.8) is 0 Å². The highest BCUT2D eigenvalue weighted by atomic mass is 79.9. The second-order valence-corrected chi connectivity index (χ2v) is 8.99. The largest absolute Gasteiger partial charge is 0.368 e. The molecule has 1 amide bonds. The van der Waals surface area contributed by atoms with E-state index in [1.54, 1.807) is 6.20 Å². The molecule has 5 nitrogen and oxygen atoms in total. The average Bonchev–Trinajstić information content (AvgIpc) is 3.21. The summed E-state index contributed by atoms with van der Waals surface area (Å²) in [7, 11) is 0. The van der Waals surface area contributed by atoms with Gasteiger partial charge < -0.3 is 9.80 Å². The number of carbonyl (C=O) groups is 1. The molecule has 3 aromatic rings. The summed E-state index contributed by atoms with van der Waals surface area (Å²) in [5.74, 6) is 0.524. The normalized spacial score (nSPS) is 14.3. The van der Waals surface area contributed by atoms with E-state index in [0.717, 1.165) is 39.1 Å². The van der Waals surface area contributed by atoms with Gasteiger partial charge in [0, 0.05) is 59.4 Å². The predicted octanol–water partition coefficient (Wildman–Crippen LogP) is 4.73. The minimum absolute atomic E-state index is 0.145. The van der Waals surface area contributed by atoms with Gasteiger partial charge in [-0.3, -0.25) is 9.36 Å². The van der Waals surface area contributed by atoms with Crippen molar-refractivity contribution >= 4 is 50.9 Å². The molecule has 1 aromatic heterocycles. The molecule has 29 heavy (non-hydrogen) atoms. The molecule has 0 radical (unpaired) electrons. The monoisotopic (exact) mass is 490 g/mol. The van der Waals surface area contributed by atoms with Crippen LogP contribution in [0, 0.1) is 0 Å². The van der Waals surface area contributed by atoms with Gasteiger partial charge in [-0.25, -0.2) is 4.98 Å². The first-order valence-corrected chi connectivity index (χ1v) is 11.5. The van der Waals surface area contributed by atoms with Gasteiger partial charge in [-0.2, -0.15) is 0 Å². The van der Waals surface area contributed by atoms with Crippen molar-refractivity contribution in [3.8, 4) is 5.69 Å². The van der Waals surface area contributed by atoms with Crippen LogP contribution in [0.4, 0.5) is 5.69 Å². The Morgan fingerprint density at radius 3 is 2.55 bits per heavy atom. The molecule has 0 bridgehead atoms. The highest BCUT2D eigenvalue weighted by Crippen LogP contribution is 2.24. The molecule has 0 unspecified atom stereocenters. The van der Waals surface area contributed by atoms with Gasteiger partial charge in [0.05, 0.1) is 5.75 Å². The number of anilines is 1. The van der Waals surface area contributed by atoms with Crippen LogP contribution >= 0.6 is 39.3 Å². The van der Waals surface area contributed by atoms with Crippen LogP contribution in [0.1, 0.15) is 0 Å². The van der Waals surface area contributed by atoms with E-state index in [1.807, 2.05) is 58.1 Å². The Morgan fingerprint density at radius 2 is 1.83 bits per heavy atom. The smallest absolute Gasteiger partial charge is 0.233 e. The third-order valence-electron chi connectivity index (χ3n) is 4.84. The van der Waals surface area contributed by atoms with E-state index < -0.39 is 0 Å². The Kier molecular flexibility index (Phi) is 6.47. The Morgan fingerprint density at radius 1 is 1.07 bits per heavy atom. The molecule has 0 saturated carbocycles. The first kappa shape index (κ1) is 20.3. The molecule has 0 spiro atoms. The number of carbonyl (C=O) groups excluding carboxylic acids is 1. The van der Waals surface area contributed by atoms with E-state index in [9.17, 15) is 4.79 Å². The zero-order chi connectivity index (χ0) is 20.2. The van der Waals surface area contributed by atoms with E-state index in [2.05, 4.69) is 31.9 Å². The van der Waals surface area contributed by atoms with Crippen molar-refractivity contribution in [2.24, 2.45) is 0 Å². The summed E-state index contributed by atoms with van der Waals surface area (Å²) < 4.78 is 3.03. The maximum atomic E-state index is 12.7. The Bertz CT molecular complexity index is 986. The number of nitrogens with zero attached hydrogens (tertiary/aromatic N) is 4. The zero-order valence-corrected chi connectivity index (χ0v) is 18.8. The first-order valence-electron chi connectivity index (χ1n) is 9.30. The molecule has 1 aliphatic heterocycles. The van der Waals surface area contributed by atoms with Crippen molar-refractivity contribution in [3.05, 3.63) is 70.4 Å². The van der Waals surface area contributed by atoms with E-state index in [4.69, 9.17) is 11.6 Å². The molecule has 2 aromatic carbocycles. The van der Waals surface area contributed by atoms with Gasteiger partial charge >= 0.3 is 0 Å². The lowest BCUT2D eigenvalue weighted by atomic mass is 10.2. The van der Waals surface area contributed by atoms with Crippen LogP contribution in [0.15, 0.2) is 70.6 Å². The van der Waals surface area contributed by atoms with E-state index >= 15 is 0 Å². The van der Waals surface area contributed by atoms with Gasteiger partial charge in [0.25, 0.3) is 0 Å². The van der Waals surface area contributed by atoms with Gasteiger partial charge in [0.2, 0.25) is 5.91 Å². The Hall–Kier alpha value is -1.96. The number of halogens is 2. The van der Waals surface area contributed by atoms with Crippen molar-refractivity contribution in [1.29, 1.82) is 0 Å². The number of thioether (sulfide) groups is 1. The summed E-state index contributed by atoms with van der Waals surface area (Å²) in [5.41, 5.74) is 2.13. The van der Waals surface area contributed by atoms with Crippen LogP contribution < -0.4 is 4.90 Å². The molecule has 0 atom stereocenters. The molecular weight excluding hydrogens is 472 g/mol. The summed E-state index contributed by atoms with van der Waals surface area (Å²) in [6, 6.07) is 15.9. The number of imidazole rings is 1. The van der Waals surface area contributed by atoms with Gasteiger partial charge in [-0.15, -0.1) is 0 Å². The topological polar surface area (TPSA) is 41.4 Å². The highest BCUT2D eigenvalue weighted by Gasteiger charge is 2.22. The molecule has 2 heterocycles. The molecule has 0 N–H and O–H groups in total. The summed E-state index contributed by atoms with van der Waals surface area (Å²) in [4.78, 5) is 21.3. The Labute approximate surface area is 187 Å². The summed E-state index contributed by atoms with van der Waals surface area (Å²) >= 11 is 11.0. The van der Waals surface area contributed by atoms with E-state index in [1.165, 1.54) is 11.8 Å². The van der Waals surface area contributed by atoms with Crippen LogP contribution in [0.25, 0.3) is 5.69 Å². The fourth-order valence-electron chi connectivity index (χ4n) is 3.30. The molecule has 0 aliphatic carbocycles. The fourth-order valence-corrected chi connectivity index (χ4v) is 4.62. The fraction of sp³-hybridized carbons (Fsp3) is 0.238. The zero-order valence-electron chi connectivity index (χ0n) is 15.7. The molecule has 1 saturated heterocycles. The maximum absolute atomic E-state index is 12.7. The SMILES string of the molecule is O=C(CSc1nccn1-c1ccc(Br)cc1)N1CCN(c2cccc(Cl)c2)CC1. The van der Waals surface area contributed by atoms with Gasteiger partial charge in [0.15, 0.2) is 5.16 Å². The number of aromatic nitrogens is 2. The van der Waals surface area contributed by atoms with Crippen LogP contribution in [-0.2, 0) is 4.79 Å². The second kappa shape index (κ2) is 9.24. The maximum Gasteiger partial charge on any atom is 0.233 e. The number of amides is 1. The number of hydrogen-bond acceptors (Lipinski definition) is 4. The lowest BCUT2D eigenvalue weighted by Crippen LogP contribution is -2.49. The summed E-state index contributed by atoms with van der Waals surface area (Å²) in [5, 5.41) is 1.55. The van der Waals surface area contributed by atoms with Crippen LogP contribution in [0.2, 0.25) is 5.02 Å². The van der Waals surface area contributed by atoms with Crippen LogP contribution in [-0.4, -0.2) is 52.3 Å². The molecule has 1 aliphatic rings. The van der Waals surface area contributed by atoms with Crippen molar-refractivity contribution in [2.75, 3.05) is 36.8 Å². The van der Waals surface area contributed by atoms with Crippen molar-refractivity contribution in [1.82, 2.24) is 14.5 Å². The molecule has 1 fully saturated rings. The van der Waals surface area contributed by atoms with Crippen molar-refractivity contribution < 1.29 is 4.79 Å². The third-order valence-corrected chi connectivity index (χ3v) is 6.56. The Balaban J connectivity index is 1.32. The predicted molar refractivity (Wildman–Crippen MR) is 122 cm³/mol. The molecule has 150 valence electrons. The molecule has 4 rings (SSSR count). The minimum atomic E-state index is 0.145. The molecule has 8 heteroatoms. The van der Waals surface area contributed by atoms with Crippen molar-refractivity contribution in [2.45, 2.75) is 5.16 Å². The minimum Gasteiger partial charge on any atom is -0.368 e. The highest BCUT2D eigenvalue weighted by molar-refractivity contribution is 9.10.